The zero-order chi connectivity index (χ0) is 20.1. The Hall–Kier alpha value is -0.770. The summed E-state index contributed by atoms with van der Waals surface area (Å²) in [5.41, 5.74) is 2.52. The first-order chi connectivity index (χ1) is 14.1. The maximum absolute atomic E-state index is 12.3. The Morgan fingerprint density at radius 2 is 0.967 bits per heavy atom. The molecule has 2 aromatic rings. The second-order valence-corrected chi connectivity index (χ2v) is 9.70. The molecule has 2 saturated carbocycles. The fraction of sp³-hybridized carbons (Fsp3) is 0.500. The predicted molar refractivity (Wildman–Crippen MR) is 113 cm³/mol. The van der Waals surface area contributed by atoms with Gasteiger partial charge in [0.2, 0.25) is 0 Å². The van der Waals surface area contributed by atoms with Crippen molar-refractivity contribution in [1.82, 2.24) is 0 Å². The largest absolute Gasteiger partial charge is 1.00 e. The topological polar surface area (TPSA) is 58.6 Å². The summed E-state index contributed by atoms with van der Waals surface area (Å²) in [4.78, 5) is 12.3. The number of hydrogen-bond acceptors (Lipinski definition) is 4. The molecule has 6 heteroatoms. The molecule has 0 spiro atoms. The molecule has 2 aliphatic carbocycles. The SMILES string of the molecule is O=P([O-])(Oc1ccc(C2CCCCC2)cc1)Oc1ccc(C2CCCCC2)cc1.[Na+]. The fourth-order valence-electron chi connectivity index (χ4n) is 4.75. The van der Waals surface area contributed by atoms with Crippen LogP contribution >= 0.6 is 7.82 Å². The summed E-state index contributed by atoms with van der Waals surface area (Å²) >= 11 is 0. The van der Waals surface area contributed by atoms with E-state index in [0.29, 0.717) is 23.3 Å². The van der Waals surface area contributed by atoms with Crippen LogP contribution in [0.4, 0.5) is 0 Å². The predicted octanol–water partition coefficient (Wildman–Crippen LogP) is 3.71. The summed E-state index contributed by atoms with van der Waals surface area (Å²) in [6, 6.07) is 14.8. The van der Waals surface area contributed by atoms with E-state index in [-0.39, 0.29) is 29.6 Å². The van der Waals surface area contributed by atoms with Crippen LogP contribution in [0.15, 0.2) is 48.5 Å². The van der Waals surface area contributed by atoms with Gasteiger partial charge < -0.3 is 13.9 Å². The van der Waals surface area contributed by atoms with Crippen LogP contribution in [-0.2, 0) is 4.57 Å². The molecular weight excluding hydrogens is 406 g/mol. The van der Waals surface area contributed by atoms with Crippen LogP contribution in [0.2, 0.25) is 0 Å². The van der Waals surface area contributed by atoms with Gasteiger partial charge in [0.15, 0.2) is 0 Å². The molecule has 0 radical (unpaired) electrons. The Labute approximate surface area is 202 Å². The van der Waals surface area contributed by atoms with Crippen molar-refractivity contribution in [2.45, 2.75) is 76.0 Å². The number of benzene rings is 2. The van der Waals surface area contributed by atoms with E-state index in [9.17, 15) is 9.46 Å². The molecular formula is C24H30NaO4P. The molecule has 0 N–H and O–H groups in total. The van der Waals surface area contributed by atoms with Gasteiger partial charge in [0.25, 0.3) is 0 Å². The molecule has 0 aromatic heterocycles. The number of rotatable bonds is 6. The maximum Gasteiger partial charge on any atom is 1.00 e. The minimum atomic E-state index is -4.48. The molecule has 0 heterocycles. The van der Waals surface area contributed by atoms with Gasteiger partial charge in [0, 0.05) is 0 Å². The van der Waals surface area contributed by atoms with E-state index in [1.165, 1.54) is 75.3 Å². The molecule has 2 fully saturated rings. The Bertz CT molecular complexity index is 758. The summed E-state index contributed by atoms with van der Waals surface area (Å²) in [7, 11) is -4.48. The van der Waals surface area contributed by atoms with Gasteiger partial charge in [-0.2, -0.15) is 0 Å². The van der Waals surface area contributed by atoms with Crippen LogP contribution < -0.4 is 43.5 Å². The van der Waals surface area contributed by atoms with Gasteiger partial charge in [-0.25, -0.2) is 4.57 Å². The third-order valence-electron chi connectivity index (χ3n) is 6.35. The molecule has 0 unspecified atom stereocenters. The third kappa shape index (κ3) is 6.61. The number of phosphoric acid groups is 1. The van der Waals surface area contributed by atoms with Gasteiger partial charge in [-0.15, -0.1) is 0 Å². The average Bonchev–Trinajstić information content (AvgIpc) is 2.75. The summed E-state index contributed by atoms with van der Waals surface area (Å²) in [5, 5.41) is 0. The van der Waals surface area contributed by atoms with Gasteiger partial charge in [-0.1, -0.05) is 62.8 Å². The minimum Gasteiger partial charge on any atom is -0.736 e. The van der Waals surface area contributed by atoms with Crippen molar-refractivity contribution in [3.63, 3.8) is 0 Å². The quantitative estimate of drug-likeness (QED) is 0.512. The minimum absolute atomic E-state index is 0. The number of phosphoric ester groups is 1. The van der Waals surface area contributed by atoms with Crippen LogP contribution in [0.5, 0.6) is 11.5 Å². The van der Waals surface area contributed by atoms with Gasteiger partial charge in [-0.3, -0.25) is 0 Å². The van der Waals surface area contributed by atoms with Crippen molar-refractivity contribution in [3.8, 4) is 11.5 Å². The van der Waals surface area contributed by atoms with Crippen LogP contribution in [0.3, 0.4) is 0 Å². The smallest absolute Gasteiger partial charge is 0.736 e. The standard InChI is InChI=1S/C24H31O4P.Na/c25-29(26,27-23-15-11-21(12-16-23)19-7-3-1-4-8-19)28-24-17-13-22(14-18-24)20-9-5-2-6-10-20;/h11-20H,1-10H2,(H,25,26);/q;+1/p-1. The van der Waals surface area contributed by atoms with Gasteiger partial charge >= 0.3 is 37.4 Å². The first kappa shape index (κ1) is 23.9. The van der Waals surface area contributed by atoms with E-state index < -0.39 is 7.82 Å². The third-order valence-corrected chi connectivity index (χ3v) is 7.22. The fourth-order valence-corrected chi connectivity index (χ4v) is 5.55. The Morgan fingerprint density at radius 1 is 0.633 bits per heavy atom. The first-order valence-electron chi connectivity index (χ1n) is 11.0. The summed E-state index contributed by atoms with van der Waals surface area (Å²) in [6.45, 7) is 0. The van der Waals surface area contributed by atoms with Crippen molar-refractivity contribution in [3.05, 3.63) is 59.7 Å². The molecule has 4 rings (SSSR count). The van der Waals surface area contributed by atoms with E-state index >= 15 is 0 Å². The maximum atomic E-state index is 12.3. The summed E-state index contributed by atoms with van der Waals surface area (Å²) in [5.74, 6) is 1.75. The zero-order valence-electron chi connectivity index (χ0n) is 17.9. The van der Waals surface area contributed by atoms with Crippen LogP contribution in [-0.4, -0.2) is 0 Å². The second-order valence-electron chi connectivity index (χ2n) is 8.44. The van der Waals surface area contributed by atoms with E-state index in [4.69, 9.17) is 9.05 Å². The van der Waals surface area contributed by atoms with Gasteiger partial charge in [0.05, 0.1) is 0 Å². The molecule has 156 valence electrons. The molecule has 30 heavy (non-hydrogen) atoms. The number of hydrogen-bond donors (Lipinski definition) is 0. The molecule has 2 aliphatic rings. The molecule has 0 amide bonds. The molecule has 4 nitrogen and oxygen atoms in total. The molecule has 0 aliphatic heterocycles. The van der Waals surface area contributed by atoms with E-state index in [2.05, 4.69) is 0 Å². The van der Waals surface area contributed by atoms with Gasteiger partial charge in [0.1, 0.15) is 11.5 Å². The monoisotopic (exact) mass is 436 g/mol. The average molecular weight is 436 g/mol. The van der Waals surface area contributed by atoms with E-state index in [1.807, 2.05) is 24.3 Å². The van der Waals surface area contributed by atoms with Crippen LogP contribution in [0.1, 0.15) is 87.2 Å². The Balaban J connectivity index is 0.00000256. The van der Waals surface area contributed by atoms with Gasteiger partial charge in [-0.05, 0) is 72.9 Å². The van der Waals surface area contributed by atoms with Crippen molar-refractivity contribution in [2.24, 2.45) is 0 Å². The van der Waals surface area contributed by atoms with Crippen molar-refractivity contribution < 1.29 is 48.1 Å². The summed E-state index contributed by atoms with van der Waals surface area (Å²) in [6.07, 6.45) is 12.5. The first-order valence-corrected chi connectivity index (χ1v) is 12.5. The molecule has 0 bridgehead atoms. The van der Waals surface area contributed by atoms with Crippen molar-refractivity contribution in [1.29, 1.82) is 0 Å². The van der Waals surface area contributed by atoms with Crippen molar-refractivity contribution >= 4 is 7.82 Å². The van der Waals surface area contributed by atoms with E-state index in [0.717, 1.165) is 0 Å². The van der Waals surface area contributed by atoms with Crippen LogP contribution in [0, 0.1) is 0 Å². The Kier molecular flexibility index (Phi) is 8.92. The molecule has 0 atom stereocenters. The molecule has 2 aromatic carbocycles. The second kappa shape index (κ2) is 11.2. The molecule has 0 saturated heterocycles. The van der Waals surface area contributed by atoms with E-state index in [1.54, 1.807) is 24.3 Å². The Morgan fingerprint density at radius 3 is 1.30 bits per heavy atom. The summed E-state index contributed by atoms with van der Waals surface area (Å²) < 4.78 is 22.7. The zero-order valence-corrected chi connectivity index (χ0v) is 20.8. The van der Waals surface area contributed by atoms with Crippen molar-refractivity contribution in [2.75, 3.05) is 0 Å². The normalized spacial score (nSPS) is 18.4. The van der Waals surface area contributed by atoms with Crippen LogP contribution in [0.25, 0.3) is 0 Å².